The van der Waals surface area contributed by atoms with Gasteiger partial charge in [0.05, 0.1) is 24.9 Å². The number of H-pyrrole nitrogens is 2. The molecule has 136 valence electrons. The zero-order valence-electron chi connectivity index (χ0n) is 14.1. The Morgan fingerprint density at radius 2 is 1.54 bits per heavy atom. The molecular weight excluding hydrogens is 334 g/mol. The molecule has 4 N–H and O–H groups in total. The fourth-order valence-electron chi connectivity index (χ4n) is 3.76. The van der Waals surface area contributed by atoms with Crippen LogP contribution in [-0.4, -0.2) is 63.3 Å². The van der Waals surface area contributed by atoms with Crippen LogP contribution in [0.2, 0.25) is 0 Å². The van der Waals surface area contributed by atoms with Gasteiger partial charge in [-0.25, -0.2) is 19.9 Å². The normalized spacial score (nSPS) is 25.8. The summed E-state index contributed by atoms with van der Waals surface area (Å²) in [6.07, 6.45) is 10.6. The van der Waals surface area contributed by atoms with Gasteiger partial charge in [0.1, 0.15) is 6.33 Å². The number of aliphatic hydroxyl groups is 2. The van der Waals surface area contributed by atoms with E-state index in [0.717, 1.165) is 17.0 Å². The fraction of sp³-hybridized carbons (Fsp3) is 0.412. The molecule has 0 spiro atoms. The minimum atomic E-state index is -0.869. The fourth-order valence-corrected chi connectivity index (χ4v) is 3.76. The molecule has 0 saturated heterocycles. The summed E-state index contributed by atoms with van der Waals surface area (Å²) in [4.78, 5) is 24.7. The first-order valence-electron chi connectivity index (χ1n) is 8.52. The van der Waals surface area contributed by atoms with Crippen molar-refractivity contribution in [2.45, 2.75) is 43.7 Å². The Morgan fingerprint density at radius 3 is 2.08 bits per heavy atom. The zero-order chi connectivity index (χ0) is 17.9. The average Bonchev–Trinajstić information content (AvgIpc) is 3.39. The van der Waals surface area contributed by atoms with E-state index in [-0.39, 0.29) is 12.0 Å². The van der Waals surface area contributed by atoms with Gasteiger partial charge in [-0.3, -0.25) is 4.90 Å². The maximum atomic E-state index is 10.7. The summed E-state index contributed by atoms with van der Waals surface area (Å²) in [6.45, 7) is 1.11. The first-order chi connectivity index (χ1) is 12.7. The van der Waals surface area contributed by atoms with Crippen molar-refractivity contribution in [2.75, 3.05) is 0 Å². The molecule has 1 saturated carbocycles. The monoisotopic (exact) mass is 355 g/mol. The van der Waals surface area contributed by atoms with Gasteiger partial charge in [-0.05, 0) is 12.0 Å². The molecular formula is C17H21N7O2. The highest BCUT2D eigenvalue weighted by atomic mass is 16.3. The smallest absolute Gasteiger partial charge is 0.115 e. The summed E-state index contributed by atoms with van der Waals surface area (Å²) in [5.74, 6) is -0.0768. The molecule has 0 bridgehead atoms. The summed E-state index contributed by atoms with van der Waals surface area (Å²) in [5.41, 5.74) is 2.77. The van der Waals surface area contributed by atoms with Gasteiger partial charge in [0.2, 0.25) is 0 Å². The predicted molar refractivity (Wildman–Crippen MR) is 91.6 cm³/mol. The van der Waals surface area contributed by atoms with E-state index in [1.807, 2.05) is 0 Å². The van der Waals surface area contributed by atoms with Crippen LogP contribution in [0.3, 0.4) is 0 Å². The van der Waals surface area contributed by atoms with Crippen LogP contribution in [0.1, 0.15) is 29.3 Å². The second-order valence-corrected chi connectivity index (χ2v) is 6.62. The van der Waals surface area contributed by atoms with Crippen molar-refractivity contribution in [2.24, 2.45) is 0 Å². The molecule has 0 aliphatic heterocycles. The van der Waals surface area contributed by atoms with Crippen LogP contribution in [0.15, 0.2) is 43.8 Å². The van der Waals surface area contributed by atoms with Crippen molar-refractivity contribution in [1.29, 1.82) is 0 Å². The number of imidazole rings is 2. The lowest BCUT2D eigenvalue weighted by atomic mass is 9.94. The minimum absolute atomic E-state index is 0.0768. The molecule has 26 heavy (non-hydrogen) atoms. The molecule has 1 aliphatic rings. The molecule has 3 aromatic rings. The van der Waals surface area contributed by atoms with Crippen LogP contribution >= 0.6 is 0 Å². The van der Waals surface area contributed by atoms with Crippen LogP contribution in [0.5, 0.6) is 0 Å². The number of hydrogen-bond donors (Lipinski definition) is 4. The van der Waals surface area contributed by atoms with Gasteiger partial charge < -0.3 is 20.2 Å². The topological polar surface area (TPSA) is 127 Å². The number of aliphatic hydroxyl groups excluding tert-OH is 2. The zero-order valence-corrected chi connectivity index (χ0v) is 14.1. The first-order valence-corrected chi connectivity index (χ1v) is 8.52. The van der Waals surface area contributed by atoms with Gasteiger partial charge >= 0.3 is 0 Å². The van der Waals surface area contributed by atoms with Gasteiger partial charge in [0.25, 0.3) is 0 Å². The Kier molecular flexibility index (Phi) is 4.74. The number of rotatable bonds is 6. The van der Waals surface area contributed by atoms with E-state index in [0.29, 0.717) is 19.5 Å². The van der Waals surface area contributed by atoms with Crippen molar-refractivity contribution < 1.29 is 10.2 Å². The Labute approximate surface area is 150 Å². The molecule has 4 rings (SSSR count). The molecule has 3 aromatic heterocycles. The SMILES string of the molecule is O[C@H]1[C@H](N(Cc2cnc[nH]2)Cc2cnc[nH]2)[C@@H](c2cncnc2)C[C@H]1O. The Hall–Kier alpha value is -2.62. The number of hydrogen-bond acceptors (Lipinski definition) is 7. The second-order valence-electron chi connectivity index (χ2n) is 6.62. The third-order valence-electron chi connectivity index (χ3n) is 4.94. The van der Waals surface area contributed by atoms with E-state index in [9.17, 15) is 10.2 Å². The van der Waals surface area contributed by atoms with Crippen molar-refractivity contribution in [1.82, 2.24) is 34.8 Å². The largest absolute Gasteiger partial charge is 0.390 e. The predicted octanol–water partition coefficient (Wildman–Crippen LogP) is 0.203. The average molecular weight is 355 g/mol. The van der Waals surface area contributed by atoms with E-state index in [1.165, 1.54) is 6.33 Å². The number of aromatic nitrogens is 6. The van der Waals surface area contributed by atoms with Gasteiger partial charge in [-0.2, -0.15) is 0 Å². The minimum Gasteiger partial charge on any atom is -0.390 e. The Morgan fingerprint density at radius 1 is 0.923 bits per heavy atom. The Balaban J connectivity index is 1.66. The highest BCUT2D eigenvalue weighted by Gasteiger charge is 2.45. The molecule has 0 amide bonds. The summed E-state index contributed by atoms with van der Waals surface area (Å²) in [6, 6.07) is -0.289. The van der Waals surface area contributed by atoms with E-state index >= 15 is 0 Å². The molecule has 1 fully saturated rings. The van der Waals surface area contributed by atoms with Crippen molar-refractivity contribution >= 4 is 0 Å². The molecule has 0 aromatic carbocycles. The van der Waals surface area contributed by atoms with E-state index < -0.39 is 12.2 Å². The van der Waals surface area contributed by atoms with Crippen molar-refractivity contribution in [3.05, 3.63) is 60.7 Å². The van der Waals surface area contributed by atoms with Crippen molar-refractivity contribution in [3.8, 4) is 0 Å². The maximum Gasteiger partial charge on any atom is 0.115 e. The van der Waals surface area contributed by atoms with E-state index in [4.69, 9.17) is 0 Å². The molecule has 9 nitrogen and oxygen atoms in total. The summed E-state index contributed by atoms with van der Waals surface area (Å²) >= 11 is 0. The summed E-state index contributed by atoms with van der Waals surface area (Å²) in [7, 11) is 0. The van der Waals surface area contributed by atoms with Gasteiger partial charge in [-0.1, -0.05) is 0 Å². The lowest BCUT2D eigenvalue weighted by Crippen LogP contribution is -2.45. The van der Waals surface area contributed by atoms with Crippen LogP contribution < -0.4 is 0 Å². The summed E-state index contributed by atoms with van der Waals surface area (Å²) in [5, 5.41) is 21.1. The van der Waals surface area contributed by atoms with Crippen LogP contribution in [0, 0.1) is 0 Å². The molecule has 1 aliphatic carbocycles. The highest BCUT2D eigenvalue weighted by Crippen LogP contribution is 2.39. The molecule has 9 heteroatoms. The standard InChI is InChI=1S/C17H21N7O2/c25-15-1-14(11-2-18-8-19-3-11)16(17(15)26)24(6-12-4-20-9-22-12)7-13-5-21-10-23-13/h2-5,8-10,14-17,25-26H,1,6-7H2,(H,20,22)(H,21,23)/t14-,15-,16-,17-/m1/s1. The van der Waals surface area contributed by atoms with Crippen LogP contribution in [0.4, 0.5) is 0 Å². The third-order valence-corrected chi connectivity index (χ3v) is 4.94. The first kappa shape index (κ1) is 16.8. The quantitative estimate of drug-likeness (QED) is 0.497. The van der Waals surface area contributed by atoms with Crippen LogP contribution in [-0.2, 0) is 13.1 Å². The molecule has 0 unspecified atom stereocenters. The van der Waals surface area contributed by atoms with Crippen molar-refractivity contribution in [3.63, 3.8) is 0 Å². The third kappa shape index (κ3) is 3.36. The molecule has 0 radical (unpaired) electrons. The van der Waals surface area contributed by atoms with E-state index in [2.05, 4.69) is 34.8 Å². The second kappa shape index (κ2) is 7.32. The number of aromatic amines is 2. The van der Waals surface area contributed by atoms with Gasteiger partial charge in [-0.15, -0.1) is 0 Å². The summed E-state index contributed by atoms with van der Waals surface area (Å²) < 4.78 is 0. The highest BCUT2D eigenvalue weighted by molar-refractivity contribution is 5.20. The molecule has 3 heterocycles. The number of nitrogens with one attached hydrogen (secondary N) is 2. The lowest BCUT2D eigenvalue weighted by Gasteiger charge is -2.34. The molecule has 4 atom stereocenters. The van der Waals surface area contributed by atoms with Gasteiger partial charge in [0.15, 0.2) is 0 Å². The van der Waals surface area contributed by atoms with Crippen LogP contribution in [0.25, 0.3) is 0 Å². The Bertz CT molecular complexity index is 758. The maximum absolute atomic E-state index is 10.7. The van der Waals surface area contributed by atoms with E-state index in [1.54, 1.807) is 37.4 Å². The lowest BCUT2D eigenvalue weighted by molar-refractivity contribution is -0.00793. The number of nitrogens with zero attached hydrogens (tertiary/aromatic N) is 5. The van der Waals surface area contributed by atoms with Gasteiger partial charge in [0, 0.05) is 61.2 Å².